The fourth-order valence-electron chi connectivity index (χ4n) is 2.75. The maximum Gasteiger partial charge on any atom is 0.246 e. The van der Waals surface area contributed by atoms with Crippen LogP contribution in [0.5, 0.6) is 11.5 Å². The minimum absolute atomic E-state index is 0.297. The van der Waals surface area contributed by atoms with Gasteiger partial charge in [-0.2, -0.15) is 4.37 Å². The summed E-state index contributed by atoms with van der Waals surface area (Å²) in [7, 11) is 0. The summed E-state index contributed by atoms with van der Waals surface area (Å²) < 4.78 is 22.7. The van der Waals surface area contributed by atoms with Gasteiger partial charge in [-0.05, 0) is 42.1 Å². The summed E-state index contributed by atoms with van der Waals surface area (Å²) in [5.74, 6) is 2.65. The molecule has 4 rings (SSSR count). The number of imidazole rings is 1. The maximum atomic E-state index is 5.79. The molecule has 7 nitrogen and oxygen atoms in total. The first-order valence-corrected chi connectivity index (χ1v) is 9.35. The van der Waals surface area contributed by atoms with E-state index in [0.717, 1.165) is 34.9 Å². The van der Waals surface area contributed by atoms with Crippen molar-refractivity contribution in [3.05, 3.63) is 47.5 Å². The van der Waals surface area contributed by atoms with Gasteiger partial charge in [-0.25, -0.2) is 9.97 Å². The highest BCUT2D eigenvalue weighted by atomic mass is 32.1. The Morgan fingerprint density at radius 2 is 2.23 bits per heavy atom. The van der Waals surface area contributed by atoms with Crippen molar-refractivity contribution < 1.29 is 14.2 Å². The highest BCUT2D eigenvalue weighted by Crippen LogP contribution is 2.32. The van der Waals surface area contributed by atoms with Gasteiger partial charge in [0, 0.05) is 24.9 Å². The molecule has 1 aliphatic heterocycles. The Kier molecular flexibility index (Phi) is 5.12. The van der Waals surface area contributed by atoms with Crippen molar-refractivity contribution in [1.29, 1.82) is 0 Å². The normalized spacial score (nSPS) is 13.9. The van der Waals surface area contributed by atoms with Crippen LogP contribution in [0.15, 0.2) is 36.9 Å². The van der Waals surface area contributed by atoms with Crippen LogP contribution in [0.4, 0.5) is 0 Å². The largest absolute Gasteiger partial charge is 0.454 e. The number of aromatic nitrogens is 4. The Morgan fingerprint density at radius 1 is 1.31 bits per heavy atom. The lowest BCUT2D eigenvalue weighted by Crippen LogP contribution is -2.00. The highest BCUT2D eigenvalue weighted by molar-refractivity contribution is 7.05. The van der Waals surface area contributed by atoms with Gasteiger partial charge in [-0.3, -0.25) is 4.57 Å². The highest BCUT2D eigenvalue weighted by Gasteiger charge is 2.14. The van der Waals surface area contributed by atoms with E-state index in [9.17, 15) is 0 Å². The van der Waals surface area contributed by atoms with Gasteiger partial charge in [0.05, 0.1) is 6.61 Å². The first kappa shape index (κ1) is 17.0. The third kappa shape index (κ3) is 3.86. The molecular formula is C18H20N4O3S. The number of hydrogen-bond donors (Lipinski definition) is 0. The zero-order valence-electron chi connectivity index (χ0n) is 14.5. The van der Waals surface area contributed by atoms with Gasteiger partial charge in [0.1, 0.15) is 11.3 Å². The van der Waals surface area contributed by atoms with Gasteiger partial charge >= 0.3 is 0 Å². The van der Waals surface area contributed by atoms with E-state index >= 15 is 0 Å². The molecule has 2 aromatic heterocycles. The minimum atomic E-state index is 0.297. The van der Waals surface area contributed by atoms with Crippen molar-refractivity contribution >= 4 is 11.5 Å². The molecule has 0 radical (unpaired) electrons. The molecule has 0 saturated heterocycles. The average Bonchev–Trinajstić information content (AvgIpc) is 3.41. The Balaban J connectivity index is 1.20. The second kappa shape index (κ2) is 7.84. The van der Waals surface area contributed by atoms with Crippen molar-refractivity contribution in [2.45, 2.75) is 32.3 Å². The summed E-state index contributed by atoms with van der Waals surface area (Å²) >= 11 is 1.45. The second-order valence-corrected chi connectivity index (χ2v) is 6.97. The molecule has 0 aliphatic carbocycles. The quantitative estimate of drug-likeness (QED) is 0.563. The number of ether oxygens (including phenoxy) is 3. The molecule has 0 fully saturated rings. The van der Waals surface area contributed by atoms with Crippen molar-refractivity contribution in [3.8, 4) is 17.4 Å². The lowest BCUT2D eigenvalue weighted by Gasteiger charge is -2.08. The molecular weight excluding hydrogens is 352 g/mol. The minimum Gasteiger partial charge on any atom is -0.454 e. The summed E-state index contributed by atoms with van der Waals surface area (Å²) in [6, 6.07) is 5.91. The van der Waals surface area contributed by atoms with Crippen LogP contribution in [0.1, 0.15) is 36.3 Å². The summed E-state index contributed by atoms with van der Waals surface area (Å²) in [6.07, 6.45) is 7.27. The van der Waals surface area contributed by atoms with E-state index in [0.29, 0.717) is 31.9 Å². The van der Waals surface area contributed by atoms with E-state index in [4.69, 9.17) is 14.2 Å². The van der Waals surface area contributed by atoms with Crippen LogP contribution in [0.2, 0.25) is 0 Å². The second-order valence-electron chi connectivity index (χ2n) is 6.19. The van der Waals surface area contributed by atoms with E-state index in [2.05, 4.69) is 21.3 Å². The molecule has 26 heavy (non-hydrogen) atoms. The lowest BCUT2D eigenvalue weighted by atomic mass is 10.1. The molecule has 1 aliphatic rings. The SMILES string of the molecule is CC(CCCOCc1ccc2c(c1)OCO2)c1nc(-n2ccnc2)ns1. The number of rotatable bonds is 8. The molecule has 0 saturated carbocycles. The molecule has 0 N–H and O–H groups in total. The number of benzene rings is 1. The summed E-state index contributed by atoms with van der Waals surface area (Å²) in [6.45, 7) is 3.77. The number of fused-ring (bicyclic) bond motifs is 1. The lowest BCUT2D eigenvalue weighted by molar-refractivity contribution is 0.116. The van der Waals surface area contributed by atoms with Crippen LogP contribution in [-0.2, 0) is 11.3 Å². The van der Waals surface area contributed by atoms with Gasteiger partial charge in [-0.1, -0.05) is 13.0 Å². The Hall–Kier alpha value is -2.45. The van der Waals surface area contributed by atoms with Crippen molar-refractivity contribution in [2.24, 2.45) is 0 Å². The molecule has 8 heteroatoms. The van der Waals surface area contributed by atoms with Crippen LogP contribution in [0.25, 0.3) is 5.95 Å². The van der Waals surface area contributed by atoms with Crippen LogP contribution < -0.4 is 9.47 Å². The summed E-state index contributed by atoms with van der Waals surface area (Å²) in [5.41, 5.74) is 1.09. The molecule has 3 aromatic rings. The Morgan fingerprint density at radius 3 is 3.12 bits per heavy atom. The van der Waals surface area contributed by atoms with E-state index in [1.807, 2.05) is 29.0 Å². The van der Waals surface area contributed by atoms with Gasteiger partial charge in [0.2, 0.25) is 12.7 Å². The fourth-order valence-corrected chi connectivity index (χ4v) is 3.48. The Labute approximate surface area is 155 Å². The monoisotopic (exact) mass is 372 g/mol. The van der Waals surface area contributed by atoms with Crippen LogP contribution >= 0.6 is 11.5 Å². The topological polar surface area (TPSA) is 71.3 Å². The van der Waals surface area contributed by atoms with Gasteiger partial charge in [0.15, 0.2) is 11.5 Å². The molecule has 0 spiro atoms. The number of nitrogens with zero attached hydrogens (tertiary/aromatic N) is 4. The molecule has 1 aromatic carbocycles. The van der Waals surface area contributed by atoms with Crippen molar-refractivity contribution in [3.63, 3.8) is 0 Å². The van der Waals surface area contributed by atoms with Gasteiger partial charge in [0.25, 0.3) is 0 Å². The van der Waals surface area contributed by atoms with E-state index < -0.39 is 0 Å². The third-order valence-corrected chi connectivity index (χ3v) is 5.15. The van der Waals surface area contributed by atoms with Crippen LogP contribution in [0, 0.1) is 0 Å². The zero-order chi connectivity index (χ0) is 17.8. The van der Waals surface area contributed by atoms with Crippen molar-refractivity contribution in [1.82, 2.24) is 18.9 Å². The zero-order valence-corrected chi connectivity index (χ0v) is 15.3. The standard InChI is InChI=1S/C18H20N4O3S/c1-13(17-20-18(21-26-17)22-7-6-19-11-22)3-2-8-23-10-14-4-5-15-16(9-14)25-12-24-15/h4-7,9,11,13H,2-3,8,10,12H2,1H3. The predicted molar refractivity (Wildman–Crippen MR) is 96.9 cm³/mol. The molecule has 3 heterocycles. The van der Waals surface area contributed by atoms with E-state index in [1.165, 1.54) is 11.5 Å². The van der Waals surface area contributed by atoms with Crippen LogP contribution in [0.3, 0.4) is 0 Å². The Bertz CT molecular complexity index is 850. The fraction of sp³-hybridized carbons (Fsp3) is 0.389. The summed E-state index contributed by atoms with van der Waals surface area (Å²) in [5, 5.41) is 1.05. The maximum absolute atomic E-state index is 5.79. The van der Waals surface area contributed by atoms with Gasteiger partial charge < -0.3 is 14.2 Å². The first-order valence-electron chi connectivity index (χ1n) is 8.58. The smallest absolute Gasteiger partial charge is 0.246 e. The summed E-state index contributed by atoms with van der Waals surface area (Å²) in [4.78, 5) is 8.62. The van der Waals surface area contributed by atoms with Crippen molar-refractivity contribution in [2.75, 3.05) is 13.4 Å². The van der Waals surface area contributed by atoms with E-state index in [1.54, 1.807) is 12.5 Å². The van der Waals surface area contributed by atoms with Crippen LogP contribution in [-0.4, -0.2) is 32.3 Å². The number of hydrogen-bond acceptors (Lipinski definition) is 7. The van der Waals surface area contributed by atoms with Gasteiger partial charge in [-0.15, -0.1) is 0 Å². The average molecular weight is 372 g/mol. The molecule has 136 valence electrons. The molecule has 1 unspecified atom stereocenters. The molecule has 0 bridgehead atoms. The molecule has 1 atom stereocenters. The molecule has 0 amide bonds. The van der Waals surface area contributed by atoms with E-state index in [-0.39, 0.29) is 0 Å². The predicted octanol–water partition coefficient (Wildman–Crippen LogP) is 3.55. The third-order valence-electron chi connectivity index (χ3n) is 4.22. The first-order chi connectivity index (χ1) is 12.8.